The number of anilines is 1. The third-order valence-electron chi connectivity index (χ3n) is 2.55. The summed E-state index contributed by atoms with van der Waals surface area (Å²) in [5.74, 6) is -0.585. The number of para-hydroxylation sites is 1. The fourth-order valence-electron chi connectivity index (χ4n) is 1.63. The van der Waals surface area contributed by atoms with Crippen LogP contribution in [0.5, 0.6) is 0 Å². The molecule has 4 heteroatoms. The lowest BCUT2D eigenvalue weighted by Gasteiger charge is -2.07. The fourth-order valence-corrected chi connectivity index (χ4v) is 1.63. The van der Waals surface area contributed by atoms with Crippen LogP contribution in [0.1, 0.15) is 15.9 Å². The number of amides is 1. The van der Waals surface area contributed by atoms with E-state index >= 15 is 0 Å². The van der Waals surface area contributed by atoms with E-state index < -0.39 is 0 Å². The highest BCUT2D eigenvalue weighted by molar-refractivity contribution is 5.98. The molecule has 3 nitrogen and oxygen atoms in total. The van der Waals surface area contributed by atoms with E-state index in [9.17, 15) is 9.18 Å². The molecule has 0 aromatic heterocycles. The molecule has 0 bridgehead atoms. The summed E-state index contributed by atoms with van der Waals surface area (Å²) in [4.78, 5) is 11.8. The summed E-state index contributed by atoms with van der Waals surface area (Å²) in [7, 11) is 0. The Morgan fingerprint density at radius 1 is 1.17 bits per heavy atom. The second kappa shape index (κ2) is 5.31. The van der Waals surface area contributed by atoms with Crippen molar-refractivity contribution in [1.82, 2.24) is 5.32 Å². The van der Waals surface area contributed by atoms with E-state index in [1.165, 1.54) is 12.1 Å². The van der Waals surface area contributed by atoms with Crippen LogP contribution in [0.4, 0.5) is 10.1 Å². The topological polar surface area (TPSA) is 55.1 Å². The smallest absolute Gasteiger partial charge is 0.253 e. The van der Waals surface area contributed by atoms with Crippen LogP contribution in [0.15, 0.2) is 48.5 Å². The summed E-state index contributed by atoms with van der Waals surface area (Å²) < 4.78 is 12.9. The van der Waals surface area contributed by atoms with Crippen molar-refractivity contribution >= 4 is 11.6 Å². The maximum absolute atomic E-state index is 12.9. The Hall–Kier alpha value is -2.36. The Balaban J connectivity index is 2.03. The van der Waals surface area contributed by atoms with Crippen molar-refractivity contribution in [2.75, 3.05) is 5.73 Å². The number of nitrogens with one attached hydrogen (secondary N) is 1. The molecular formula is C14H13FN2O. The van der Waals surface area contributed by atoms with Gasteiger partial charge in [0.15, 0.2) is 0 Å². The van der Waals surface area contributed by atoms with Gasteiger partial charge in [-0.15, -0.1) is 0 Å². The molecule has 0 aliphatic carbocycles. The van der Waals surface area contributed by atoms with Gasteiger partial charge in [-0.05, 0) is 29.8 Å². The van der Waals surface area contributed by atoms with E-state index in [2.05, 4.69) is 5.32 Å². The summed E-state index contributed by atoms with van der Waals surface area (Å²) >= 11 is 0. The van der Waals surface area contributed by atoms with Gasteiger partial charge in [-0.2, -0.15) is 0 Å². The molecule has 18 heavy (non-hydrogen) atoms. The van der Waals surface area contributed by atoms with Gasteiger partial charge in [0.25, 0.3) is 5.91 Å². The standard InChI is InChI=1S/C14H13FN2O/c15-11-5-3-4-10(8-11)9-17-14(18)12-6-1-2-7-13(12)16/h1-8H,9,16H2,(H,17,18). The molecule has 2 aromatic rings. The first kappa shape index (κ1) is 12.1. The van der Waals surface area contributed by atoms with Crippen LogP contribution in [0, 0.1) is 5.82 Å². The van der Waals surface area contributed by atoms with E-state index in [0.29, 0.717) is 16.8 Å². The molecule has 0 radical (unpaired) electrons. The van der Waals surface area contributed by atoms with Crippen LogP contribution in [0.25, 0.3) is 0 Å². The highest BCUT2D eigenvalue weighted by atomic mass is 19.1. The van der Waals surface area contributed by atoms with Gasteiger partial charge in [-0.3, -0.25) is 4.79 Å². The third kappa shape index (κ3) is 2.85. The van der Waals surface area contributed by atoms with Crippen molar-refractivity contribution in [1.29, 1.82) is 0 Å². The zero-order chi connectivity index (χ0) is 13.0. The van der Waals surface area contributed by atoms with Crippen LogP contribution in [-0.2, 0) is 6.54 Å². The molecule has 0 fully saturated rings. The highest BCUT2D eigenvalue weighted by Crippen LogP contribution is 2.10. The second-order valence-electron chi connectivity index (χ2n) is 3.90. The van der Waals surface area contributed by atoms with Crippen molar-refractivity contribution in [2.24, 2.45) is 0 Å². The Kier molecular flexibility index (Phi) is 3.57. The first-order valence-corrected chi connectivity index (χ1v) is 5.54. The zero-order valence-electron chi connectivity index (χ0n) is 9.69. The minimum atomic E-state index is -0.319. The number of carbonyl (C=O) groups excluding carboxylic acids is 1. The van der Waals surface area contributed by atoms with Gasteiger partial charge < -0.3 is 11.1 Å². The van der Waals surface area contributed by atoms with Crippen LogP contribution in [0.3, 0.4) is 0 Å². The van der Waals surface area contributed by atoms with Gasteiger partial charge in [0, 0.05) is 12.2 Å². The maximum atomic E-state index is 12.9. The van der Waals surface area contributed by atoms with Crippen molar-refractivity contribution in [3.05, 3.63) is 65.5 Å². The molecule has 0 aliphatic heterocycles. The van der Waals surface area contributed by atoms with Crippen molar-refractivity contribution in [3.63, 3.8) is 0 Å². The number of nitrogen functional groups attached to an aromatic ring is 1. The number of benzene rings is 2. The van der Waals surface area contributed by atoms with Crippen LogP contribution < -0.4 is 11.1 Å². The predicted octanol–water partition coefficient (Wildman–Crippen LogP) is 2.34. The van der Waals surface area contributed by atoms with E-state index in [1.54, 1.807) is 36.4 Å². The van der Waals surface area contributed by atoms with Gasteiger partial charge in [0.1, 0.15) is 5.82 Å². The lowest BCUT2D eigenvalue weighted by molar-refractivity contribution is 0.0951. The summed E-state index contributed by atoms with van der Waals surface area (Å²) in [5.41, 5.74) is 7.25. The van der Waals surface area contributed by atoms with Crippen LogP contribution in [-0.4, -0.2) is 5.91 Å². The van der Waals surface area contributed by atoms with Gasteiger partial charge in [0.05, 0.1) is 5.56 Å². The molecule has 92 valence electrons. The summed E-state index contributed by atoms with van der Waals surface area (Å²) in [6.07, 6.45) is 0. The molecule has 0 unspecified atom stereocenters. The van der Waals surface area contributed by atoms with Crippen LogP contribution in [0.2, 0.25) is 0 Å². The third-order valence-corrected chi connectivity index (χ3v) is 2.55. The molecule has 0 spiro atoms. The van der Waals surface area contributed by atoms with E-state index in [-0.39, 0.29) is 18.3 Å². The molecule has 2 aromatic carbocycles. The molecule has 0 heterocycles. The molecule has 0 aliphatic rings. The van der Waals surface area contributed by atoms with Gasteiger partial charge in [-0.25, -0.2) is 4.39 Å². The average Bonchev–Trinajstić information content (AvgIpc) is 2.37. The van der Waals surface area contributed by atoms with E-state index in [1.807, 2.05) is 0 Å². The van der Waals surface area contributed by atoms with Crippen molar-refractivity contribution in [2.45, 2.75) is 6.54 Å². The normalized spacial score (nSPS) is 10.1. The first-order chi connectivity index (χ1) is 8.66. The highest BCUT2D eigenvalue weighted by Gasteiger charge is 2.08. The Labute approximate surface area is 104 Å². The quantitative estimate of drug-likeness (QED) is 0.814. The average molecular weight is 244 g/mol. The number of halogens is 1. The van der Waals surface area contributed by atoms with Crippen molar-refractivity contribution < 1.29 is 9.18 Å². The molecule has 3 N–H and O–H groups in total. The fraction of sp³-hybridized carbons (Fsp3) is 0.0714. The summed E-state index contributed by atoms with van der Waals surface area (Å²) in [6.45, 7) is 0.269. The van der Waals surface area contributed by atoms with Crippen molar-refractivity contribution in [3.8, 4) is 0 Å². The maximum Gasteiger partial charge on any atom is 0.253 e. The molecule has 1 amide bonds. The van der Waals surface area contributed by atoms with Gasteiger partial charge >= 0.3 is 0 Å². The zero-order valence-corrected chi connectivity index (χ0v) is 9.69. The SMILES string of the molecule is Nc1ccccc1C(=O)NCc1cccc(F)c1. The van der Waals surface area contributed by atoms with Gasteiger partial charge in [-0.1, -0.05) is 24.3 Å². The number of hydrogen-bond acceptors (Lipinski definition) is 2. The Morgan fingerprint density at radius 2 is 1.94 bits per heavy atom. The summed E-state index contributed by atoms with van der Waals surface area (Å²) in [6, 6.07) is 12.9. The molecular weight excluding hydrogens is 231 g/mol. The number of carbonyl (C=O) groups is 1. The molecule has 0 saturated heterocycles. The van der Waals surface area contributed by atoms with E-state index in [4.69, 9.17) is 5.73 Å². The summed E-state index contributed by atoms with van der Waals surface area (Å²) in [5, 5.41) is 2.70. The van der Waals surface area contributed by atoms with E-state index in [0.717, 1.165) is 0 Å². The lowest BCUT2D eigenvalue weighted by atomic mass is 10.1. The number of hydrogen-bond donors (Lipinski definition) is 2. The minimum Gasteiger partial charge on any atom is -0.398 e. The monoisotopic (exact) mass is 244 g/mol. The molecule has 0 atom stereocenters. The van der Waals surface area contributed by atoms with Crippen LogP contribution >= 0.6 is 0 Å². The molecule has 2 rings (SSSR count). The lowest BCUT2D eigenvalue weighted by Crippen LogP contribution is -2.23. The predicted molar refractivity (Wildman–Crippen MR) is 68.4 cm³/mol. The first-order valence-electron chi connectivity index (χ1n) is 5.54. The Bertz CT molecular complexity index is 569. The molecule has 0 saturated carbocycles. The number of rotatable bonds is 3. The minimum absolute atomic E-state index is 0.266. The Morgan fingerprint density at radius 3 is 2.67 bits per heavy atom. The number of nitrogens with two attached hydrogens (primary N) is 1. The largest absolute Gasteiger partial charge is 0.398 e. The van der Waals surface area contributed by atoms with Gasteiger partial charge in [0.2, 0.25) is 0 Å². The second-order valence-corrected chi connectivity index (χ2v) is 3.90.